The Morgan fingerprint density at radius 3 is 2.70 bits per heavy atom. The van der Waals surface area contributed by atoms with Crippen molar-refractivity contribution in [2.75, 3.05) is 7.11 Å². The largest absolute Gasteiger partial charge is 0.496 e. The van der Waals surface area contributed by atoms with Gasteiger partial charge in [0.2, 0.25) is 5.88 Å². The highest BCUT2D eigenvalue weighted by Crippen LogP contribution is 2.46. The number of rotatable bonds is 2. The van der Waals surface area contributed by atoms with Crippen molar-refractivity contribution in [2.45, 2.75) is 12.8 Å². The molecule has 0 saturated heterocycles. The molecule has 0 aliphatic carbocycles. The van der Waals surface area contributed by atoms with Crippen LogP contribution in [0.1, 0.15) is 22.8 Å². The summed E-state index contributed by atoms with van der Waals surface area (Å²) in [5, 5.41) is 11.6. The third-order valence-electron chi connectivity index (χ3n) is 4.70. The van der Waals surface area contributed by atoms with Gasteiger partial charge in [-0.2, -0.15) is 5.26 Å². The highest BCUT2D eigenvalue weighted by Gasteiger charge is 2.36. The SMILES string of the molecule is COc1ccc2ccccc2c1[C@H]1C(C#N)=C(N)Oc2cc(C)oc(=O)c21. The van der Waals surface area contributed by atoms with E-state index in [-0.39, 0.29) is 17.0 Å². The van der Waals surface area contributed by atoms with Crippen LogP contribution in [-0.4, -0.2) is 7.11 Å². The quantitative estimate of drug-likeness (QED) is 0.753. The minimum absolute atomic E-state index is 0.0324. The number of nitriles is 1. The van der Waals surface area contributed by atoms with Gasteiger partial charge in [-0.05, 0) is 23.8 Å². The van der Waals surface area contributed by atoms with Crippen LogP contribution in [0.15, 0.2) is 63.1 Å². The molecule has 1 aromatic heterocycles. The molecule has 1 aliphatic rings. The number of ether oxygens (including phenoxy) is 2. The van der Waals surface area contributed by atoms with Gasteiger partial charge in [0.05, 0.1) is 18.6 Å². The number of aryl methyl sites for hydroxylation is 1. The number of fused-ring (bicyclic) bond motifs is 2. The van der Waals surface area contributed by atoms with E-state index >= 15 is 0 Å². The number of nitrogens with two attached hydrogens (primary N) is 1. The first kappa shape index (κ1) is 16.7. The molecule has 2 heterocycles. The van der Waals surface area contributed by atoms with Crippen molar-refractivity contribution in [3.63, 3.8) is 0 Å². The highest BCUT2D eigenvalue weighted by molar-refractivity contribution is 5.89. The fraction of sp³-hybridized carbons (Fsp3) is 0.143. The molecule has 6 heteroatoms. The van der Waals surface area contributed by atoms with Crippen LogP contribution in [0.2, 0.25) is 0 Å². The van der Waals surface area contributed by atoms with Gasteiger partial charge < -0.3 is 19.6 Å². The molecule has 4 rings (SSSR count). The van der Waals surface area contributed by atoms with Gasteiger partial charge >= 0.3 is 5.63 Å². The van der Waals surface area contributed by atoms with E-state index in [2.05, 4.69) is 6.07 Å². The number of hydrogen-bond acceptors (Lipinski definition) is 6. The van der Waals surface area contributed by atoms with E-state index in [0.29, 0.717) is 22.8 Å². The second kappa shape index (κ2) is 6.22. The number of benzene rings is 2. The Balaban J connectivity index is 2.15. The van der Waals surface area contributed by atoms with Crippen molar-refractivity contribution in [3.8, 4) is 17.6 Å². The summed E-state index contributed by atoms with van der Waals surface area (Å²) >= 11 is 0. The topological polar surface area (TPSA) is 98.5 Å². The molecule has 1 aliphatic heterocycles. The molecule has 0 fully saturated rings. The summed E-state index contributed by atoms with van der Waals surface area (Å²) in [6.45, 7) is 1.65. The van der Waals surface area contributed by atoms with Crippen LogP contribution in [0.5, 0.6) is 11.5 Å². The lowest BCUT2D eigenvalue weighted by Gasteiger charge is -2.27. The Hall–Kier alpha value is -3.72. The number of hydrogen-bond donors (Lipinski definition) is 1. The smallest absolute Gasteiger partial charge is 0.343 e. The average Bonchev–Trinajstić information content (AvgIpc) is 2.65. The van der Waals surface area contributed by atoms with E-state index in [4.69, 9.17) is 19.6 Å². The zero-order valence-corrected chi connectivity index (χ0v) is 14.8. The number of methoxy groups -OCH3 is 1. The van der Waals surface area contributed by atoms with E-state index in [1.165, 1.54) is 0 Å². The van der Waals surface area contributed by atoms with Gasteiger partial charge in [-0.25, -0.2) is 4.79 Å². The lowest BCUT2D eigenvalue weighted by Crippen LogP contribution is -2.26. The maximum absolute atomic E-state index is 12.7. The van der Waals surface area contributed by atoms with Crippen LogP contribution in [0.4, 0.5) is 0 Å². The van der Waals surface area contributed by atoms with Crippen LogP contribution in [-0.2, 0) is 0 Å². The van der Waals surface area contributed by atoms with Gasteiger partial charge in [0, 0.05) is 11.6 Å². The highest BCUT2D eigenvalue weighted by atomic mass is 16.5. The van der Waals surface area contributed by atoms with Crippen molar-refractivity contribution in [2.24, 2.45) is 5.73 Å². The molecule has 0 unspecified atom stereocenters. The van der Waals surface area contributed by atoms with Crippen molar-refractivity contribution < 1.29 is 13.9 Å². The van der Waals surface area contributed by atoms with E-state index in [0.717, 1.165) is 10.8 Å². The molecule has 0 bridgehead atoms. The molecular formula is C21H16N2O4. The van der Waals surface area contributed by atoms with Gasteiger partial charge in [-0.15, -0.1) is 0 Å². The van der Waals surface area contributed by atoms with Gasteiger partial charge in [0.25, 0.3) is 0 Å². The van der Waals surface area contributed by atoms with E-state index in [9.17, 15) is 10.1 Å². The van der Waals surface area contributed by atoms with Crippen molar-refractivity contribution in [1.82, 2.24) is 0 Å². The summed E-state index contributed by atoms with van der Waals surface area (Å²) in [5.41, 5.74) is 6.52. The predicted octanol–water partition coefficient (Wildman–Crippen LogP) is 3.33. The molecule has 134 valence electrons. The minimum Gasteiger partial charge on any atom is -0.496 e. The molecule has 0 spiro atoms. The minimum atomic E-state index is -0.753. The van der Waals surface area contributed by atoms with E-state index in [1.807, 2.05) is 36.4 Å². The summed E-state index contributed by atoms with van der Waals surface area (Å²) in [5.74, 6) is 0.453. The Kier molecular flexibility index (Phi) is 3.85. The summed E-state index contributed by atoms with van der Waals surface area (Å²) in [4.78, 5) is 12.7. The van der Waals surface area contributed by atoms with Gasteiger partial charge in [-0.3, -0.25) is 0 Å². The maximum atomic E-state index is 12.7. The fourth-order valence-electron chi connectivity index (χ4n) is 3.56. The lowest BCUT2D eigenvalue weighted by molar-refractivity contribution is 0.368. The van der Waals surface area contributed by atoms with Crippen LogP contribution >= 0.6 is 0 Å². The Bertz CT molecular complexity index is 1200. The van der Waals surface area contributed by atoms with Crippen molar-refractivity contribution in [3.05, 3.63) is 81.2 Å². The first-order valence-corrected chi connectivity index (χ1v) is 8.33. The average molecular weight is 360 g/mol. The summed E-state index contributed by atoms with van der Waals surface area (Å²) in [6.07, 6.45) is 0. The first-order valence-electron chi connectivity index (χ1n) is 8.33. The zero-order valence-electron chi connectivity index (χ0n) is 14.8. The second-order valence-electron chi connectivity index (χ2n) is 6.25. The van der Waals surface area contributed by atoms with Crippen LogP contribution in [0.3, 0.4) is 0 Å². The van der Waals surface area contributed by atoms with Gasteiger partial charge in [0.1, 0.15) is 28.9 Å². The van der Waals surface area contributed by atoms with Crippen molar-refractivity contribution >= 4 is 10.8 Å². The van der Waals surface area contributed by atoms with Crippen molar-refractivity contribution in [1.29, 1.82) is 5.26 Å². The molecule has 3 aromatic rings. The van der Waals surface area contributed by atoms with E-state index in [1.54, 1.807) is 20.1 Å². The maximum Gasteiger partial charge on any atom is 0.343 e. The Labute approximate surface area is 155 Å². The molecule has 27 heavy (non-hydrogen) atoms. The fourth-order valence-corrected chi connectivity index (χ4v) is 3.56. The molecule has 6 nitrogen and oxygen atoms in total. The normalized spacial score (nSPS) is 15.8. The van der Waals surface area contributed by atoms with Crippen LogP contribution < -0.4 is 20.8 Å². The third kappa shape index (κ3) is 2.52. The summed E-state index contributed by atoms with van der Waals surface area (Å²) in [6, 6.07) is 15.1. The second-order valence-corrected chi connectivity index (χ2v) is 6.25. The van der Waals surface area contributed by atoms with Crippen LogP contribution in [0, 0.1) is 18.3 Å². The molecular weight excluding hydrogens is 344 g/mol. The number of nitrogens with zero attached hydrogens (tertiary/aromatic N) is 1. The molecule has 0 saturated carbocycles. The molecule has 2 N–H and O–H groups in total. The van der Waals surface area contributed by atoms with Gasteiger partial charge in [0.15, 0.2) is 0 Å². The molecule has 2 aromatic carbocycles. The Morgan fingerprint density at radius 1 is 1.19 bits per heavy atom. The molecule has 1 atom stereocenters. The van der Waals surface area contributed by atoms with E-state index < -0.39 is 11.5 Å². The van der Waals surface area contributed by atoms with Crippen LogP contribution in [0.25, 0.3) is 10.8 Å². The standard InChI is InChI=1S/C21H16N2O4/c1-11-9-16-19(21(24)26-11)18(14(10-22)20(23)27-16)17-13-6-4-3-5-12(13)7-8-15(17)25-2/h3-9,18H,23H2,1-2H3/t18-/m1/s1. The number of allylic oxidation sites excluding steroid dienone is 1. The third-order valence-corrected chi connectivity index (χ3v) is 4.70. The summed E-state index contributed by atoms with van der Waals surface area (Å²) < 4.78 is 16.4. The first-order chi connectivity index (χ1) is 13.0. The Morgan fingerprint density at radius 2 is 1.96 bits per heavy atom. The van der Waals surface area contributed by atoms with Gasteiger partial charge in [-0.1, -0.05) is 30.3 Å². The monoisotopic (exact) mass is 360 g/mol. The zero-order chi connectivity index (χ0) is 19.1. The predicted molar refractivity (Wildman–Crippen MR) is 99.5 cm³/mol. The lowest BCUT2D eigenvalue weighted by atomic mass is 9.81. The molecule has 0 amide bonds. The summed E-state index contributed by atoms with van der Waals surface area (Å²) in [7, 11) is 1.55. The molecule has 0 radical (unpaired) electrons.